The molecule has 0 rings (SSSR count). The molecule has 0 aromatic heterocycles. The van der Waals surface area contributed by atoms with E-state index in [-0.39, 0.29) is 0 Å². The van der Waals surface area contributed by atoms with E-state index in [4.69, 9.17) is 4.74 Å². The van der Waals surface area contributed by atoms with Crippen molar-refractivity contribution in [2.75, 3.05) is 38.3 Å². The molecule has 0 aliphatic rings. The second-order valence-electron chi connectivity index (χ2n) is 4.27. The summed E-state index contributed by atoms with van der Waals surface area (Å²) in [6.45, 7) is 4.48. The highest BCUT2D eigenvalue weighted by Crippen LogP contribution is 1.99. The van der Waals surface area contributed by atoms with Crippen molar-refractivity contribution in [1.29, 1.82) is 0 Å². The molecule has 0 aliphatic carbocycles. The minimum Gasteiger partial charge on any atom is -0.389 e. The lowest BCUT2D eigenvalue weighted by Crippen LogP contribution is -2.32. The lowest BCUT2D eigenvalue weighted by molar-refractivity contribution is 0.0358. The minimum absolute atomic E-state index is 0.383. The minimum atomic E-state index is -0.766. The van der Waals surface area contributed by atoms with Gasteiger partial charge in [0.05, 0.1) is 12.7 Å². The number of nitrogens with one attached hydrogen (secondary N) is 1. The molecule has 0 amide bonds. The van der Waals surface area contributed by atoms with E-state index in [1.807, 2.05) is 0 Å². The molecule has 0 radical (unpaired) electrons. The van der Waals surface area contributed by atoms with Gasteiger partial charge in [0.2, 0.25) is 0 Å². The average molecular weight is 265 g/mol. The van der Waals surface area contributed by atoms with Crippen LogP contribution in [0.25, 0.3) is 0 Å². The molecule has 0 heterocycles. The van der Waals surface area contributed by atoms with Crippen LogP contribution in [0.15, 0.2) is 0 Å². The Morgan fingerprint density at radius 3 is 2.76 bits per heavy atom. The van der Waals surface area contributed by atoms with Gasteiger partial charge in [-0.1, -0.05) is 26.2 Å². The summed E-state index contributed by atoms with van der Waals surface area (Å²) in [7, 11) is -0.766. The number of ether oxygens (including phenoxy) is 1. The van der Waals surface area contributed by atoms with E-state index < -0.39 is 16.9 Å². The fourth-order valence-electron chi connectivity index (χ4n) is 1.39. The highest BCUT2D eigenvalue weighted by Gasteiger charge is 2.03. The molecule has 0 spiro atoms. The van der Waals surface area contributed by atoms with Gasteiger partial charge in [-0.05, 0) is 6.42 Å². The molecule has 4 nitrogen and oxygen atoms in total. The summed E-state index contributed by atoms with van der Waals surface area (Å²) >= 11 is 0. The molecule has 2 N–H and O–H groups in total. The summed E-state index contributed by atoms with van der Waals surface area (Å²) in [6, 6.07) is 0. The van der Waals surface area contributed by atoms with Gasteiger partial charge in [-0.25, -0.2) is 0 Å². The number of hydrogen-bond donors (Lipinski definition) is 2. The third kappa shape index (κ3) is 14.0. The van der Waals surface area contributed by atoms with Gasteiger partial charge in [-0.3, -0.25) is 4.21 Å². The number of unbranched alkanes of at least 4 members (excludes halogenated alkanes) is 3. The van der Waals surface area contributed by atoms with Crippen molar-refractivity contribution in [2.24, 2.45) is 0 Å². The maximum absolute atomic E-state index is 10.8. The smallest absolute Gasteiger partial charge is 0.0897 e. The van der Waals surface area contributed by atoms with Crippen LogP contribution in [-0.4, -0.2) is 53.7 Å². The second kappa shape index (κ2) is 12.5. The quantitative estimate of drug-likeness (QED) is 0.515. The van der Waals surface area contributed by atoms with Gasteiger partial charge >= 0.3 is 0 Å². The van der Waals surface area contributed by atoms with Gasteiger partial charge in [0.15, 0.2) is 0 Å². The molecule has 0 fully saturated rings. The van der Waals surface area contributed by atoms with E-state index in [9.17, 15) is 9.32 Å². The summed E-state index contributed by atoms with van der Waals surface area (Å²) in [5.74, 6) is 0.630. The molecule has 0 aliphatic heterocycles. The first kappa shape index (κ1) is 17.0. The Balaban J connectivity index is 3.17. The lowest BCUT2D eigenvalue weighted by Gasteiger charge is -2.12. The van der Waals surface area contributed by atoms with Crippen LogP contribution in [0.1, 0.15) is 32.6 Å². The predicted molar refractivity (Wildman–Crippen MR) is 72.8 cm³/mol. The Labute approximate surface area is 108 Å². The van der Waals surface area contributed by atoms with Crippen LogP contribution in [-0.2, 0) is 15.5 Å². The fraction of sp³-hybridized carbons (Fsp3) is 1.00. The number of rotatable bonds is 12. The molecule has 2 atom stereocenters. The van der Waals surface area contributed by atoms with Crippen LogP contribution in [0.4, 0.5) is 0 Å². The molecule has 2 unspecified atom stereocenters. The Bertz CT molecular complexity index is 191. The molecular formula is C12H27NO3S. The van der Waals surface area contributed by atoms with E-state index in [1.165, 1.54) is 19.3 Å². The summed E-state index contributed by atoms with van der Waals surface area (Å²) < 4.78 is 16.1. The summed E-state index contributed by atoms with van der Waals surface area (Å²) in [5, 5.41) is 12.6. The van der Waals surface area contributed by atoms with Gasteiger partial charge in [-0.15, -0.1) is 0 Å². The number of aliphatic hydroxyl groups is 1. The van der Waals surface area contributed by atoms with Gasteiger partial charge in [-0.2, -0.15) is 0 Å². The zero-order valence-corrected chi connectivity index (χ0v) is 11.9. The lowest BCUT2D eigenvalue weighted by atomic mass is 10.2. The highest BCUT2D eigenvalue weighted by atomic mass is 32.2. The van der Waals surface area contributed by atoms with E-state index in [0.29, 0.717) is 25.4 Å². The maximum Gasteiger partial charge on any atom is 0.0897 e. The van der Waals surface area contributed by atoms with Crippen molar-refractivity contribution in [3.63, 3.8) is 0 Å². The molecular weight excluding hydrogens is 238 g/mol. The molecule has 5 heteroatoms. The normalized spacial score (nSPS) is 14.8. The Kier molecular flexibility index (Phi) is 12.5. The SMILES string of the molecule is CCCCCCOCC(O)CNCCS(C)=O. The Morgan fingerprint density at radius 1 is 1.35 bits per heavy atom. The average Bonchev–Trinajstić information content (AvgIpc) is 2.29. The first-order valence-electron chi connectivity index (χ1n) is 6.43. The van der Waals surface area contributed by atoms with Crippen LogP contribution >= 0.6 is 0 Å². The van der Waals surface area contributed by atoms with Gasteiger partial charge < -0.3 is 15.2 Å². The van der Waals surface area contributed by atoms with Crippen LogP contribution in [0.5, 0.6) is 0 Å². The first-order valence-corrected chi connectivity index (χ1v) is 8.16. The third-order valence-corrected chi connectivity index (χ3v) is 3.18. The summed E-state index contributed by atoms with van der Waals surface area (Å²) in [6.07, 6.45) is 5.96. The van der Waals surface area contributed by atoms with Crippen LogP contribution in [0.2, 0.25) is 0 Å². The fourth-order valence-corrected chi connectivity index (χ4v) is 1.83. The number of hydrogen-bond acceptors (Lipinski definition) is 4. The Hall–Kier alpha value is 0.0300. The first-order chi connectivity index (χ1) is 8.16. The molecule has 0 aromatic carbocycles. The maximum atomic E-state index is 10.8. The molecule has 0 aromatic rings. The molecule has 0 bridgehead atoms. The third-order valence-electron chi connectivity index (χ3n) is 2.40. The molecule has 0 saturated heterocycles. The summed E-state index contributed by atoms with van der Waals surface area (Å²) in [5.41, 5.74) is 0. The molecule has 0 saturated carbocycles. The van der Waals surface area contributed by atoms with E-state index >= 15 is 0 Å². The summed E-state index contributed by atoms with van der Waals surface area (Å²) in [4.78, 5) is 0. The van der Waals surface area contributed by atoms with Crippen molar-refractivity contribution in [2.45, 2.75) is 38.7 Å². The van der Waals surface area contributed by atoms with E-state index in [2.05, 4.69) is 12.2 Å². The van der Waals surface area contributed by atoms with Crippen LogP contribution < -0.4 is 5.32 Å². The van der Waals surface area contributed by atoms with Crippen molar-refractivity contribution in [1.82, 2.24) is 5.32 Å². The van der Waals surface area contributed by atoms with Crippen LogP contribution in [0, 0.1) is 0 Å². The van der Waals surface area contributed by atoms with Gasteiger partial charge in [0.25, 0.3) is 0 Å². The van der Waals surface area contributed by atoms with E-state index in [1.54, 1.807) is 6.26 Å². The van der Waals surface area contributed by atoms with E-state index in [0.717, 1.165) is 13.0 Å². The largest absolute Gasteiger partial charge is 0.389 e. The highest BCUT2D eigenvalue weighted by molar-refractivity contribution is 7.84. The monoisotopic (exact) mass is 265 g/mol. The van der Waals surface area contributed by atoms with Crippen molar-refractivity contribution in [3.8, 4) is 0 Å². The second-order valence-corrected chi connectivity index (χ2v) is 5.83. The van der Waals surface area contributed by atoms with Crippen molar-refractivity contribution in [3.05, 3.63) is 0 Å². The molecule has 17 heavy (non-hydrogen) atoms. The topological polar surface area (TPSA) is 58.6 Å². The molecule has 104 valence electrons. The zero-order valence-electron chi connectivity index (χ0n) is 11.1. The standard InChI is InChI=1S/C12H27NO3S/c1-3-4-5-6-8-16-11-12(14)10-13-7-9-17(2)15/h12-14H,3-11H2,1-2H3. The Morgan fingerprint density at radius 2 is 2.12 bits per heavy atom. The van der Waals surface area contributed by atoms with Crippen molar-refractivity contribution < 1.29 is 14.1 Å². The van der Waals surface area contributed by atoms with Crippen LogP contribution in [0.3, 0.4) is 0 Å². The predicted octanol–water partition coefficient (Wildman–Crippen LogP) is 0.912. The zero-order chi connectivity index (χ0) is 12.9. The van der Waals surface area contributed by atoms with Gasteiger partial charge in [0.1, 0.15) is 0 Å². The van der Waals surface area contributed by atoms with Crippen molar-refractivity contribution >= 4 is 10.8 Å². The number of aliphatic hydroxyl groups excluding tert-OH is 1. The van der Waals surface area contributed by atoms with Gasteiger partial charge in [0, 0.05) is 42.5 Å².